The molecular weight excluding hydrogens is 388 g/mol. The summed E-state index contributed by atoms with van der Waals surface area (Å²) in [7, 11) is -3.85. The Balaban J connectivity index is 0.00000210. The second-order valence-electron chi connectivity index (χ2n) is 6.69. The van der Waals surface area contributed by atoms with Gasteiger partial charge in [0.2, 0.25) is 9.84 Å². The molecule has 3 N–H and O–H groups in total. The van der Waals surface area contributed by atoms with Crippen LogP contribution in [-0.4, -0.2) is 32.7 Å². The Morgan fingerprint density at radius 3 is 2.44 bits per heavy atom. The minimum absolute atomic E-state index is 0. The summed E-state index contributed by atoms with van der Waals surface area (Å²) in [6, 6.07) is 10.2. The van der Waals surface area contributed by atoms with Crippen molar-refractivity contribution in [3.8, 4) is 0 Å². The highest BCUT2D eigenvalue weighted by atomic mass is 35.5. The minimum Gasteiger partial charge on any atom is -0.348 e. The van der Waals surface area contributed by atoms with Crippen LogP contribution in [0, 0.1) is 5.92 Å². The first kappa shape index (κ1) is 19.5. The van der Waals surface area contributed by atoms with E-state index in [9.17, 15) is 18.0 Å². The molecule has 27 heavy (non-hydrogen) atoms. The first-order valence-electron chi connectivity index (χ1n) is 8.47. The van der Waals surface area contributed by atoms with Gasteiger partial charge in [0.1, 0.15) is 0 Å². The van der Waals surface area contributed by atoms with Crippen LogP contribution >= 0.6 is 12.4 Å². The monoisotopic (exact) mass is 406 g/mol. The number of fused-ring (bicyclic) bond motifs is 2. The molecule has 1 aliphatic carbocycles. The van der Waals surface area contributed by atoms with Gasteiger partial charge in [0.25, 0.3) is 5.91 Å². The third-order valence-electron chi connectivity index (χ3n) is 4.96. The summed E-state index contributed by atoms with van der Waals surface area (Å²) >= 11 is 0. The Bertz CT molecular complexity index is 1030. The fourth-order valence-electron chi connectivity index (χ4n) is 3.35. The number of hydrogen-bond acceptors (Lipinski definition) is 5. The molecule has 2 aromatic carbocycles. The number of benzene rings is 2. The molecule has 1 heterocycles. The fraction of sp³-hybridized carbons (Fsp3) is 0.263. The Morgan fingerprint density at radius 1 is 1.11 bits per heavy atom. The second kappa shape index (κ2) is 7.07. The lowest BCUT2D eigenvalue weighted by Crippen LogP contribution is -2.41. The van der Waals surface area contributed by atoms with Crippen LogP contribution in [0.15, 0.2) is 52.3 Å². The van der Waals surface area contributed by atoms with E-state index < -0.39 is 9.84 Å². The summed E-state index contributed by atoms with van der Waals surface area (Å²) < 4.78 is 25.8. The summed E-state index contributed by atoms with van der Waals surface area (Å²) in [5.41, 5.74) is 6.17. The molecule has 0 aromatic heterocycles. The predicted octanol–water partition coefficient (Wildman–Crippen LogP) is 1.95. The topological polar surface area (TPSA) is 106 Å². The van der Waals surface area contributed by atoms with Crippen LogP contribution in [0.25, 0.3) is 0 Å². The molecule has 1 amide bonds. The highest BCUT2D eigenvalue weighted by molar-refractivity contribution is 7.91. The highest BCUT2D eigenvalue weighted by Gasteiger charge is 2.36. The van der Waals surface area contributed by atoms with Crippen LogP contribution in [0.5, 0.6) is 0 Å². The van der Waals surface area contributed by atoms with E-state index in [2.05, 4.69) is 5.32 Å². The number of rotatable bonds is 4. The number of sulfone groups is 1. The van der Waals surface area contributed by atoms with Gasteiger partial charge in [0.15, 0.2) is 5.78 Å². The van der Waals surface area contributed by atoms with Crippen molar-refractivity contribution in [3.05, 3.63) is 59.2 Å². The molecule has 2 aromatic rings. The first-order chi connectivity index (χ1) is 12.4. The van der Waals surface area contributed by atoms with Crippen LogP contribution in [0.2, 0.25) is 0 Å². The fourth-order valence-corrected chi connectivity index (χ4v) is 5.02. The minimum atomic E-state index is -3.85. The van der Waals surface area contributed by atoms with Gasteiger partial charge in [-0.2, -0.15) is 0 Å². The van der Waals surface area contributed by atoms with Gasteiger partial charge in [-0.05, 0) is 49.1 Å². The molecule has 0 radical (unpaired) electrons. The van der Waals surface area contributed by atoms with Crippen LogP contribution in [0.1, 0.15) is 39.1 Å². The molecule has 1 saturated carbocycles. The standard InChI is InChI=1S/C19H18N2O4S.ClH/c20-10-15(11-5-6-11)21-19(23)12-7-8-14-17(9-12)26(24,25)16-4-2-1-3-13(16)18(14)22;/h1-4,7-9,11,15H,5-6,10,20H2,(H,21,23);1H. The van der Waals surface area contributed by atoms with Crippen LogP contribution < -0.4 is 11.1 Å². The van der Waals surface area contributed by atoms with E-state index in [0.29, 0.717) is 12.5 Å². The molecule has 1 fully saturated rings. The number of nitrogens with two attached hydrogens (primary N) is 1. The van der Waals surface area contributed by atoms with Gasteiger partial charge in [-0.25, -0.2) is 8.42 Å². The molecule has 2 aliphatic rings. The molecule has 0 bridgehead atoms. The molecule has 1 unspecified atom stereocenters. The summed E-state index contributed by atoms with van der Waals surface area (Å²) in [5, 5.41) is 2.87. The second-order valence-corrected chi connectivity index (χ2v) is 8.58. The van der Waals surface area contributed by atoms with Gasteiger partial charge in [-0.1, -0.05) is 12.1 Å². The first-order valence-corrected chi connectivity index (χ1v) is 9.95. The molecule has 6 nitrogen and oxygen atoms in total. The number of hydrogen-bond donors (Lipinski definition) is 2. The molecule has 0 spiro atoms. The summed E-state index contributed by atoms with van der Waals surface area (Å²) in [6.45, 7) is 0.339. The van der Waals surface area contributed by atoms with Gasteiger partial charge >= 0.3 is 0 Å². The Labute approximate surface area is 163 Å². The molecule has 4 rings (SSSR count). The quantitative estimate of drug-likeness (QED) is 0.688. The molecule has 1 atom stereocenters. The van der Waals surface area contributed by atoms with Crippen molar-refractivity contribution in [3.63, 3.8) is 0 Å². The predicted molar refractivity (Wildman–Crippen MR) is 102 cm³/mol. The lowest BCUT2D eigenvalue weighted by molar-refractivity contribution is 0.0931. The Morgan fingerprint density at radius 2 is 1.78 bits per heavy atom. The van der Waals surface area contributed by atoms with Crippen molar-refractivity contribution in [2.24, 2.45) is 11.7 Å². The van der Waals surface area contributed by atoms with E-state index in [1.165, 1.54) is 30.3 Å². The maximum atomic E-state index is 12.9. The summed E-state index contributed by atoms with van der Waals surface area (Å²) in [4.78, 5) is 25.0. The van der Waals surface area contributed by atoms with Crippen LogP contribution in [-0.2, 0) is 9.84 Å². The Hall–Kier alpha value is -2.22. The van der Waals surface area contributed by atoms with E-state index in [1.807, 2.05) is 0 Å². The van der Waals surface area contributed by atoms with E-state index in [-0.39, 0.29) is 56.6 Å². The van der Waals surface area contributed by atoms with Crippen molar-refractivity contribution >= 4 is 33.9 Å². The summed E-state index contributed by atoms with van der Waals surface area (Å²) in [5.74, 6) is -0.342. The average molecular weight is 407 g/mol. The molecule has 1 aliphatic heterocycles. The maximum Gasteiger partial charge on any atom is 0.251 e. The number of nitrogens with one attached hydrogen (secondary N) is 1. The zero-order chi connectivity index (χ0) is 18.5. The van der Waals surface area contributed by atoms with Crippen LogP contribution in [0.3, 0.4) is 0 Å². The van der Waals surface area contributed by atoms with E-state index in [4.69, 9.17) is 5.73 Å². The van der Waals surface area contributed by atoms with Crippen LogP contribution in [0.4, 0.5) is 0 Å². The van der Waals surface area contributed by atoms with Gasteiger partial charge < -0.3 is 11.1 Å². The van der Waals surface area contributed by atoms with Gasteiger partial charge in [-0.15, -0.1) is 12.4 Å². The highest BCUT2D eigenvalue weighted by Crippen LogP contribution is 2.35. The van der Waals surface area contributed by atoms with Crippen molar-refractivity contribution in [1.29, 1.82) is 0 Å². The third kappa shape index (κ3) is 3.26. The largest absolute Gasteiger partial charge is 0.348 e. The third-order valence-corrected chi connectivity index (χ3v) is 6.81. The number of carbonyl (C=O) groups is 2. The van der Waals surface area contributed by atoms with Gasteiger partial charge in [-0.3, -0.25) is 9.59 Å². The zero-order valence-corrected chi connectivity index (χ0v) is 16.0. The van der Waals surface area contributed by atoms with Crippen molar-refractivity contribution < 1.29 is 18.0 Å². The van der Waals surface area contributed by atoms with E-state index >= 15 is 0 Å². The average Bonchev–Trinajstić information content (AvgIpc) is 3.49. The number of amides is 1. The number of carbonyl (C=O) groups excluding carboxylic acids is 2. The lowest BCUT2D eigenvalue weighted by atomic mass is 10.0. The molecular formula is C19H19ClN2O4S. The van der Waals surface area contributed by atoms with Gasteiger partial charge in [0.05, 0.1) is 9.79 Å². The zero-order valence-electron chi connectivity index (χ0n) is 14.3. The van der Waals surface area contributed by atoms with E-state index in [1.54, 1.807) is 12.1 Å². The summed E-state index contributed by atoms with van der Waals surface area (Å²) in [6.07, 6.45) is 2.07. The molecule has 8 heteroatoms. The van der Waals surface area contributed by atoms with Gasteiger partial charge in [0, 0.05) is 29.3 Å². The lowest BCUT2D eigenvalue weighted by Gasteiger charge is -2.20. The van der Waals surface area contributed by atoms with E-state index in [0.717, 1.165) is 12.8 Å². The normalized spacial score (nSPS) is 17.9. The smallest absolute Gasteiger partial charge is 0.251 e. The van der Waals surface area contributed by atoms with Crippen molar-refractivity contribution in [2.75, 3.05) is 6.54 Å². The number of halogens is 1. The van der Waals surface area contributed by atoms with Crippen molar-refractivity contribution in [2.45, 2.75) is 28.7 Å². The molecule has 0 saturated heterocycles. The number of ketones is 1. The Kier molecular flexibility index (Phi) is 5.12. The molecule has 142 valence electrons. The maximum absolute atomic E-state index is 12.9. The SMILES string of the molecule is Cl.NCC(NC(=O)c1ccc2c(c1)S(=O)(=O)c1ccccc1C2=O)C1CC1. The van der Waals surface area contributed by atoms with Crippen molar-refractivity contribution in [1.82, 2.24) is 5.32 Å².